The van der Waals surface area contributed by atoms with E-state index in [1.165, 1.54) is 4.31 Å². The summed E-state index contributed by atoms with van der Waals surface area (Å²) in [6.45, 7) is 1.48. The molecule has 0 radical (unpaired) electrons. The largest absolute Gasteiger partial charge is 0.457 e. The molecule has 8 heteroatoms. The number of carbonyl (C=O) groups is 1. The molecular formula is C20H23NO5S2. The van der Waals surface area contributed by atoms with E-state index in [0.29, 0.717) is 37.4 Å². The number of esters is 1. The van der Waals surface area contributed by atoms with Crippen molar-refractivity contribution in [1.29, 1.82) is 0 Å². The molecule has 0 spiro atoms. The first-order valence-corrected chi connectivity index (χ1v) is 11.8. The van der Waals surface area contributed by atoms with E-state index in [1.807, 2.05) is 18.4 Å². The number of carbonyl (C=O) groups excluding carboxylic acids is 1. The number of nitrogens with zero attached hydrogens (tertiary/aromatic N) is 1. The maximum atomic E-state index is 12.7. The topological polar surface area (TPSA) is 72.9 Å². The van der Waals surface area contributed by atoms with E-state index in [-0.39, 0.29) is 11.5 Å². The van der Waals surface area contributed by atoms with Crippen LogP contribution < -0.4 is 0 Å². The molecule has 1 aliphatic heterocycles. The molecule has 0 saturated carbocycles. The van der Waals surface area contributed by atoms with Gasteiger partial charge in [-0.05, 0) is 41.6 Å². The molecule has 28 heavy (non-hydrogen) atoms. The molecule has 0 atom stereocenters. The molecule has 6 nitrogen and oxygen atoms in total. The van der Waals surface area contributed by atoms with Gasteiger partial charge in [-0.1, -0.05) is 24.3 Å². The van der Waals surface area contributed by atoms with Gasteiger partial charge in [-0.15, -0.1) is 0 Å². The third-order valence-electron chi connectivity index (χ3n) is 4.38. The van der Waals surface area contributed by atoms with Crippen molar-refractivity contribution in [2.45, 2.75) is 17.3 Å². The fourth-order valence-corrected chi connectivity index (χ4v) is 4.87. The summed E-state index contributed by atoms with van der Waals surface area (Å²) in [4.78, 5) is 12.4. The Morgan fingerprint density at radius 3 is 2.50 bits per heavy atom. The number of morpholine rings is 1. The zero-order valence-electron chi connectivity index (χ0n) is 15.7. The minimum atomic E-state index is -3.57. The summed E-state index contributed by atoms with van der Waals surface area (Å²) in [6, 6.07) is 13.8. The van der Waals surface area contributed by atoms with Crippen LogP contribution in [0.4, 0.5) is 0 Å². The van der Waals surface area contributed by atoms with Crippen molar-refractivity contribution < 1.29 is 22.7 Å². The van der Waals surface area contributed by atoms with E-state index < -0.39 is 16.0 Å². The molecule has 3 rings (SSSR count). The molecule has 0 aliphatic carbocycles. The van der Waals surface area contributed by atoms with E-state index in [9.17, 15) is 13.2 Å². The molecule has 1 heterocycles. The standard InChI is InChI=1S/C20H23NO5S2/c1-27-15-16-5-7-18(8-6-16)20(22)26-14-17-3-2-4-19(13-17)28(23,24)21-9-11-25-12-10-21/h2-8,13H,9-12,14-15H2,1H3. The zero-order valence-corrected chi connectivity index (χ0v) is 17.3. The van der Waals surface area contributed by atoms with Crippen LogP contribution in [0.15, 0.2) is 53.4 Å². The van der Waals surface area contributed by atoms with Gasteiger partial charge in [-0.25, -0.2) is 13.2 Å². The average Bonchev–Trinajstić information content (AvgIpc) is 2.73. The van der Waals surface area contributed by atoms with Crippen LogP contribution in [-0.4, -0.2) is 51.3 Å². The Bertz CT molecular complexity index is 906. The van der Waals surface area contributed by atoms with Crippen molar-refractivity contribution in [3.8, 4) is 0 Å². The highest BCUT2D eigenvalue weighted by atomic mass is 32.2. The molecule has 0 amide bonds. The first-order valence-electron chi connectivity index (χ1n) is 8.92. The third kappa shape index (κ3) is 5.14. The second-order valence-electron chi connectivity index (χ2n) is 6.37. The molecule has 150 valence electrons. The van der Waals surface area contributed by atoms with Gasteiger partial charge in [0.1, 0.15) is 6.61 Å². The van der Waals surface area contributed by atoms with Crippen LogP contribution in [-0.2, 0) is 31.9 Å². The van der Waals surface area contributed by atoms with Crippen molar-refractivity contribution in [1.82, 2.24) is 4.31 Å². The van der Waals surface area contributed by atoms with Crippen LogP contribution in [0, 0.1) is 0 Å². The summed E-state index contributed by atoms with van der Waals surface area (Å²) in [5.41, 5.74) is 2.24. The predicted molar refractivity (Wildman–Crippen MR) is 109 cm³/mol. The van der Waals surface area contributed by atoms with Gasteiger partial charge < -0.3 is 9.47 Å². The monoisotopic (exact) mass is 421 g/mol. The molecule has 0 bridgehead atoms. The molecular weight excluding hydrogens is 398 g/mol. The second kappa shape index (κ2) is 9.56. The average molecular weight is 422 g/mol. The van der Waals surface area contributed by atoms with Crippen LogP contribution >= 0.6 is 11.8 Å². The Hall–Kier alpha value is -1.87. The number of rotatable bonds is 7. The summed E-state index contributed by atoms with van der Waals surface area (Å²) in [6.07, 6.45) is 2.02. The molecule has 0 aromatic heterocycles. The van der Waals surface area contributed by atoms with Crippen molar-refractivity contribution in [2.75, 3.05) is 32.6 Å². The quantitative estimate of drug-likeness (QED) is 0.640. The van der Waals surface area contributed by atoms with Crippen molar-refractivity contribution in [3.63, 3.8) is 0 Å². The summed E-state index contributed by atoms with van der Waals surface area (Å²) >= 11 is 1.71. The Kier molecular flexibility index (Phi) is 7.12. The lowest BCUT2D eigenvalue weighted by Crippen LogP contribution is -2.40. The number of thioether (sulfide) groups is 1. The lowest BCUT2D eigenvalue weighted by molar-refractivity contribution is 0.0472. The Labute approximate surface area is 169 Å². The normalized spacial score (nSPS) is 15.3. The highest BCUT2D eigenvalue weighted by molar-refractivity contribution is 7.97. The fraction of sp³-hybridized carbons (Fsp3) is 0.350. The maximum Gasteiger partial charge on any atom is 0.338 e. The van der Waals surface area contributed by atoms with Gasteiger partial charge in [0.2, 0.25) is 10.0 Å². The maximum absolute atomic E-state index is 12.7. The summed E-state index contributed by atoms with van der Waals surface area (Å²) < 4.78 is 37.5. The third-order valence-corrected chi connectivity index (χ3v) is 6.89. The number of sulfonamides is 1. The zero-order chi connectivity index (χ0) is 20.0. The Morgan fingerprint density at radius 1 is 1.11 bits per heavy atom. The summed E-state index contributed by atoms with van der Waals surface area (Å²) in [5.74, 6) is 0.455. The smallest absolute Gasteiger partial charge is 0.338 e. The van der Waals surface area contributed by atoms with Gasteiger partial charge in [0.15, 0.2) is 0 Å². The van der Waals surface area contributed by atoms with Crippen molar-refractivity contribution in [2.24, 2.45) is 0 Å². The van der Waals surface area contributed by atoms with E-state index >= 15 is 0 Å². The predicted octanol–water partition coefficient (Wildman–Crippen LogP) is 2.93. The highest BCUT2D eigenvalue weighted by Gasteiger charge is 2.26. The van der Waals surface area contributed by atoms with Crippen LogP contribution in [0.3, 0.4) is 0 Å². The Morgan fingerprint density at radius 2 is 1.82 bits per heavy atom. The van der Waals surface area contributed by atoms with Gasteiger partial charge in [0, 0.05) is 18.8 Å². The van der Waals surface area contributed by atoms with Crippen LogP contribution in [0.5, 0.6) is 0 Å². The van der Waals surface area contributed by atoms with E-state index in [1.54, 1.807) is 48.2 Å². The number of benzene rings is 2. The van der Waals surface area contributed by atoms with Gasteiger partial charge in [-0.2, -0.15) is 16.1 Å². The highest BCUT2D eigenvalue weighted by Crippen LogP contribution is 2.19. The first kappa shape index (κ1) is 20.9. The number of hydrogen-bond donors (Lipinski definition) is 0. The minimum absolute atomic E-state index is 0.0118. The lowest BCUT2D eigenvalue weighted by Gasteiger charge is -2.26. The van der Waals surface area contributed by atoms with Crippen LogP contribution in [0.1, 0.15) is 21.5 Å². The summed E-state index contributed by atoms with van der Waals surface area (Å²) in [7, 11) is -3.57. The van der Waals surface area contributed by atoms with E-state index in [4.69, 9.17) is 9.47 Å². The first-order chi connectivity index (χ1) is 13.5. The lowest BCUT2D eigenvalue weighted by atomic mass is 10.1. The van der Waals surface area contributed by atoms with Gasteiger partial charge in [0.25, 0.3) is 0 Å². The van der Waals surface area contributed by atoms with Crippen LogP contribution in [0.25, 0.3) is 0 Å². The van der Waals surface area contributed by atoms with E-state index in [2.05, 4.69) is 0 Å². The van der Waals surface area contributed by atoms with Crippen LogP contribution in [0.2, 0.25) is 0 Å². The Balaban J connectivity index is 1.65. The SMILES string of the molecule is CSCc1ccc(C(=O)OCc2cccc(S(=O)(=O)N3CCOCC3)c2)cc1. The van der Waals surface area contributed by atoms with Gasteiger partial charge in [-0.3, -0.25) is 0 Å². The molecule has 0 N–H and O–H groups in total. The minimum Gasteiger partial charge on any atom is -0.457 e. The molecule has 0 unspecified atom stereocenters. The van der Waals surface area contributed by atoms with Crippen molar-refractivity contribution in [3.05, 3.63) is 65.2 Å². The van der Waals surface area contributed by atoms with Crippen molar-refractivity contribution >= 4 is 27.8 Å². The molecule has 1 saturated heterocycles. The number of ether oxygens (including phenoxy) is 2. The van der Waals surface area contributed by atoms with Gasteiger partial charge >= 0.3 is 5.97 Å². The molecule has 1 aliphatic rings. The van der Waals surface area contributed by atoms with E-state index in [0.717, 1.165) is 11.3 Å². The molecule has 1 fully saturated rings. The number of hydrogen-bond acceptors (Lipinski definition) is 6. The molecule has 2 aromatic carbocycles. The molecule has 2 aromatic rings. The van der Waals surface area contributed by atoms with Gasteiger partial charge in [0.05, 0.1) is 23.7 Å². The summed E-state index contributed by atoms with van der Waals surface area (Å²) in [5, 5.41) is 0. The fourth-order valence-electron chi connectivity index (χ4n) is 2.87. The second-order valence-corrected chi connectivity index (χ2v) is 9.17.